The highest BCUT2D eigenvalue weighted by molar-refractivity contribution is 8.18. The molecule has 0 aliphatic carbocycles. The zero-order valence-electron chi connectivity index (χ0n) is 22.1. The van der Waals surface area contributed by atoms with Crippen LogP contribution in [0.4, 0.5) is 10.5 Å². The van der Waals surface area contributed by atoms with E-state index in [0.717, 1.165) is 53.4 Å². The molecule has 10 heteroatoms. The molecule has 3 aromatic carbocycles. The predicted molar refractivity (Wildman–Crippen MR) is 154 cm³/mol. The highest BCUT2D eigenvalue weighted by atomic mass is 32.2. The standard InChI is InChI=1S/C30H29N3O6S/c1-2-38-25-16-20(12-13-24(25)39-19-28(35)32-14-5-6-15-32)17-26-29(36)33(30(37)40-26)18-27(34)31-23-11-7-9-21-8-3-4-10-22(21)23/h3-4,7-13,16-17H,2,5-6,14-15,18-19H2,1H3,(H,31,34)/b26-17-. The van der Waals surface area contributed by atoms with Crippen LogP contribution in [-0.4, -0.2) is 65.6 Å². The lowest BCUT2D eigenvalue weighted by molar-refractivity contribution is -0.132. The molecule has 206 valence electrons. The van der Waals surface area contributed by atoms with Gasteiger partial charge in [0.05, 0.1) is 11.5 Å². The smallest absolute Gasteiger partial charge is 0.294 e. The summed E-state index contributed by atoms with van der Waals surface area (Å²) in [6, 6.07) is 18.3. The van der Waals surface area contributed by atoms with Crippen molar-refractivity contribution in [1.29, 1.82) is 0 Å². The van der Waals surface area contributed by atoms with Gasteiger partial charge in [-0.15, -0.1) is 0 Å². The SMILES string of the molecule is CCOc1cc(/C=C2\SC(=O)N(CC(=O)Nc3cccc4ccccc34)C2=O)ccc1OCC(=O)N1CCCC1. The third-order valence-electron chi connectivity index (χ3n) is 6.61. The van der Waals surface area contributed by atoms with Crippen molar-refractivity contribution >= 4 is 57.3 Å². The van der Waals surface area contributed by atoms with Crippen molar-refractivity contribution in [3.63, 3.8) is 0 Å². The van der Waals surface area contributed by atoms with Crippen LogP contribution in [0, 0.1) is 0 Å². The first kappa shape index (κ1) is 27.3. The Morgan fingerprint density at radius 2 is 1.75 bits per heavy atom. The molecule has 40 heavy (non-hydrogen) atoms. The molecule has 1 N–H and O–H groups in total. The molecule has 2 aliphatic rings. The third kappa shape index (κ3) is 6.12. The maximum absolute atomic E-state index is 13.0. The number of thioether (sulfide) groups is 1. The number of nitrogens with one attached hydrogen (secondary N) is 1. The normalized spacial score (nSPS) is 16.2. The first-order chi connectivity index (χ1) is 19.4. The van der Waals surface area contributed by atoms with Gasteiger partial charge in [0.2, 0.25) is 5.91 Å². The number of rotatable bonds is 9. The van der Waals surface area contributed by atoms with Gasteiger partial charge in [-0.25, -0.2) is 0 Å². The molecule has 2 fully saturated rings. The van der Waals surface area contributed by atoms with Crippen molar-refractivity contribution in [2.24, 2.45) is 0 Å². The van der Waals surface area contributed by atoms with Gasteiger partial charge in [0, 0.05) is 24.2 Å². The summed E-state index contributed by atoms with van der Waals surface area (Å²) in [7, 11) is 0. The van der Waals surface area contributed by atoms with E-state index < -0.39 is 23.6 Å². The highest BCUT2D eigenvalue weighted by Crippen LogP contribution is 2.35. The molecule has 5 rings (SSSR count). The highest BCUT2D eigenvalue weighted by Gasteiger charge is 2.36. The Hall–Kier alpha value is -4.31. The lowest BCUT2D eigenvalue weighted by atomic mass is 10.1. The molecule has 2 heterocycles. The number of nitrogens with zero attached hydrogens (tertiary/aromatic N) is 2. The predicted octanol–water partition coefficient (Wildman–Crippen LogP) is 4.91. The largest absolute Gasteiger partial charge is 0.490 e. The molecule has 0 aromatic heterocycles. The van der Waals surface area contributed by atoms with E-state index in [9.17, 15) is 19.2 Å². The Labute approximate surface area is 236 Å². The van der Waals surface area contributed by atoms with E-state index in [1.807, 2.05) is 43.3 Å². The number of fused-ring (bicyclic) bond motifs is 1. The van der Waals surface area contributed by atoms with Crippen LogP contribution in [0.1, 0.15) is 25.3 Å². The van der Waals surface area contributed by atoms with E-state index in [1.165, 1.54) is 0 Å². The van der Waals surface area contributed by atoms with Crippen molar-refractivity contribution in [3.8, 4) is 11.5 Å². The van der Waals surface area contributed by atoms with Gasteiger partial charge in [0.25, 0.3) is 17.1 Å². The maximum Gasteiger partial charge on any atom is 0.294 e. The minimum atomic E-state index is -0.544. The zero-order valence-corrected chi connectivity index (χ0v) is 22.9. The van der Waals surface area contributed by atoms with Gasteiger partial charge < -0.3 is 19.7 Å². The van der Waals surface area contributed by atoms with Crippen LogP contribution < -0.4 is 14.8 Å². The minimum Gasteiger partial charge on any atom is -0.490 e. The second-order valence-corrected chi connectivity index (χ2v) is 10.4. The number of amides is 4. The molecule has 9 nitrogen and oxygen atoms in total. The number of imide groups is 1. The summed E-state index contributed by atoms with van der Waals surface area (Å²) < 4.78 is 11.5. The number of likely N-dealkylation sites (tertiary alicyclic amines) is 1. The van der Waals surface area contributed by atoms with Gasteiger partial charge in [0.1, 0.15) is 6.54 Å². The molecule has 0 atom stereocenters. The summed E-state index contributed by atoms with van der Waals surface area (Å²) in [6.07, 6.45) is 3.59. The summed E-state index contributed by atoms with van der Waals surface area (Å²) in [5, 5.41) is 4.13. The molecule has 0 spiro atoms. The van der Waals surface area contributed by atoms with Crippen LogP contribution in [0.25, 0.3) is 16.8 Å². The Morgan fingerprint density at radius 3 is 2.55 bits per heavy atom. The number of carbonyl (C=O) groups is 4. The van der Waals surface area contributed by atoms with E-state index in [0.29, 0.717) is 29.4 Å². The maximum atomic E-state index is 13.0. The molecule has 0 saturated carbocycles. The number of anilines is 1. The van der Waals surface area contributed by atoms with E-state index in [4.69, 9.17) is 9.47 Å². The van der Waals surface area contributed by atoms with Crippen LogP contribution in [0.5, 0.6) is 11.5 Å². The number of carbonyl (C=O) groups excluding carboxylic acids is 4. The molecule has 0 radical (unpaired) electrons. The first-order valence-corrected chi connectivity index (χ1v) is 13.9. The zero-order chi connectivity index (χ0) is 28.1. The van der Waals surface area contributed by atoms with Crippen molar-refractivity contribution in [3.05, 3.63) is 71.1 Å². The van der Waals surface area contributed by atoms with Gasteiger partial charge in [-0.2, -0.15) is 0 Å². The fourth-order valence-electron chi connectivity index (χ4n) is 4.65. The van der Waals surface area contributed by atoms with Crippen molar-refractivity contribution in [1.82, 2.24) is 9.80 Å². The Bertz CT molecular complexity index is 1490. The van der Waals surface area contributed by atoms with E-state index in [2.05, 4.69) is 5.32 Å². The average molecular weight is 560 g/mol. The van der Waals surface area contributed by atoms with Gasteiger partial charge in [0.15, 0.2) is 18.1 Å². The molecular weight excluding hydrogens is 530 g/mol. The summed E-state index contributed by atoms with van der Waals surface area (Å²) in [5.74, 6) is -0.229. The fourth-order valence-corrected chi connectivity index (χ4v) is 5.49. The molecular formula is C30H29N3O6S. The Kier molecular flexibility index (Phi) is 8.35. The van der Waals surface area contributed by atoms with Gasteiger partial charge in [-0.1, -0.05) is 42.5 Å². The first-order valence-electron chi connectivity index (χ1n) is 13.1. The van der Waals surface area contributed by atoms with E-state index >= 15 is 0 Å². The Balaban J connectivity index is 1.25. The molecule has 4 amide bonds. The van der Waals surface area contributed by atoms with Crippen molar-refractivity contribution in [2.45, 2.75) is 19.8 Å². The lowest BCUT2D eigenvalue weighted by Crippen LogP contribution is -2.36. The summed E-state index contributed by atoms with van der Waals surface area (Å²) in [6.45, 7) is 3.23. The quantitative estimate of drug-likeness (QED) is 0.371. The minimum absolute atomic E-state index is 0.0674. The summed E-state index contributed by atoms with van der Waals surface area (Å²) in [4.78, 5) is 53.7. The summed E-state index contributed by atoms with van der Waals surface area (Å²) >= 11 is 0.775. The number of benzene rings is 3. The monoisotopic (exact) mass is 559 g/mol. The second-order valence-electron chi connectivity index (χ2n) is 9.36. The van der Waals surface area contributed by atoms with Gasteiger partial charge >= 0.3 is 0 Å². The van der Waals surface area contributed by atoms with Crippen LogP contribution in [0.3, 0.4) is 0 Å². The van der Waals surface area contributed by atoms with Crippen molar-refractivity contribution < 1.29 is 28.7 Å². The molecule has 0 unspecified atom stereocenters. The second kappa shape index (κ2) is 12.3. The molecule has 2 saturated heterocycles. The van der Waals surface area contributed by atoms with Crippen LogP contribution in [0.2, 0.25) is 0 Å². The molecule has 0 bridgehead atoms. The van der Waals surface area contributed by atoms with Crippen LogP contribution in [-0.2, 0) is 14.4 Å². The van der Waals surface area contributed by atoms with Crippen LogP contribution in [0.15, 0.2) is 65.6 Å². The number of ether oxygens (including phenoxy) is 2. The third-order valence-corrected chi connectivity index (χ3v) is 7.52. The van der Waals surface area contributed by atoms with Crippen molar-refractivity contribution in [2.75, 3.05) is 38.2 Å². The molecule has 2 aliphatic heterocycles. The average Bonchev–Trinajstić information content (AvgIpc) is 3.58. The lowest BCUT2D eigenvalue weighted by Gasteiger charge is -2.17. The fraction of sp³-hybridized carbons (Fsp3) is 0.267. The van der Waals surface area contributed by atoms with Gasteiger partial charge in [-0.3, -0.25) is 24.1 Å². The van der Waals surface area contributed by atoms with E-state index in [1.54, 1.807) is 35.2 Å². The Morgan fingerprint density at radius 1 is 0.975 bits per heavy atom. The number of hydrogen-bond acceptors (Lipinski definition) is 7. The topological polar surface area (TPSA) is 105 Å². The summed E-state index contributed by atoms with van der Waals surface area (Å²) in [5.41, 5.74) is 1.23. The number of hydrogen-bond donors (Lipinski definition) is 1. The van der Waals surface area contributed by atoms with E-state index in [-0.39, 0.29) is 17.4 Å². The van der Waals surface area contributed by atoms with Gasteiger partial charge in [-0.05, 0) is 66.8 Å². The van der Waals surface area contributed by atoms with Crippen LogP contribution >= 0.6 is 11.8 Å². The molecule has 3 aromatic rings.